The smallest absolute Gasteiger partial charge is 0.363 e. The van der Waals surface area contributed by atoms with Gasteiger partial charge in [-0.15, -0.1) is 0 Å². The second-order valence-corrected chi connectivity index (χ2v) is 4.48. The predicted octanol–water partition coefficient (Wildman–Crippen LogP) is 3.61. The van der Waals surface area contributed by atoms with Crippen molar-refractivity contribution in [2.24, 2.45) is 0 Å². The summed E-state index contributed by atoms with van der Waals surface area (Å²) < 4.78 is 41.9. The Balaban J connectivity index is 2.71. The third-order valence-corrected chi connectivity index (χ3v) is 2.74. The van der Waals surface area contributed by atoms with E-state index in [2.05, 4.69) is 5.32 Å². The molecule has 0 bridgehead atoms. The summed E-state index contributed by atoms with van der Waals surface area (Å²) >= 11 is 0. The molecule has 1 rings (SSSR count). The summed E-state index contributed by atoms with van der Waals surface area (Å²) in [5.74, 6) is 0. The number of nitrogens with one attached hydrogen (secondary N) is 1. The molecule has 1 aromatic rings. The third-order valence-electron chi connectivity index (χ3n) is 2.74. The summed E-state index contributed by atoms with van der Waals surface area (Å²) in [6.07, 6.45) is -3.94. The number of aryl methyl sites for hydroxylation is 1. The van der Waals surface area contributed by atoms with Gasteiger partial charge in [0.25, 0.3) is 0 Å². The van der Waals surface area contributed by atoms with Crippen LogP contribution in [0.2, 0.25) is 0 Å². The fraction of sp³-hybridized carbons (Fsp3) is 0.571. The summed E-state index contributed by atoms with van der Waals surface area (Å²) in [5.41, 5.74) is 1.74. The first-order valence-electron chi connectivity index (χ1n) is 6.38. The van der Waals surface area contributed by atoms with Crippen molar-refractivity contribution in [1.82, 2.24) is 5.32 Å². The van der Waals surface area contributed by atoms with Gasteiger partial charge in [-0.2, -0.15) is 13.2 Å². The molecule has 0 aliphatic rings. The Hall–Kier alpha value is -1.07. The lowest BCUT2D eigenvalue weighted by molar-refractivity contribution is -0.185. The number of hydrogen-bond donors (Lipinski definition) is 1. The van der Waals surface area contributed by atoms with E-state index < -0.39 is 18.9 Å². The Morgan fingerprint density at radius 3 is 2.53 bits per heavy atom. The van der Waals surface area contributed by atoms with Gasteiger partial charge in [0.1, 0.15) is 6.61 Å². The summed E-state index contributed by atoms with van der Waals surface area (Å²) in [6, 6.07) is 7.36. The summed E-state index contributed by atoms with van der Waals surface area (Å²) in [7, 11) is 0. The van der Waals surface area contributed by atoms with Crippen LogP contribution in [0.4, 0.5) is 13.2 Å². The Kier molecular flexibility index (Phi) is 6.31. The average Bonchev–Trinajstić information content (AvgIpc) is 2.33. The van der Waals surface area contributed by atoms with Crippen LogP contribution < -0.4 is 5.32 Å². The Morgan fingerprint density at radius 2 is 1.95 bits per heavy atom. The van der Waals surface area contributed by atoms with Gasteiger partial charge < -0.3 is 10.1 Å². The largest absolute Gasteiger partial charge is 0.411 e. The highest BCUT2D eigenvalue weighted by Crippen LogP contribution is 2.24. The molecule has 2 nitrogen and oxygen atoms in total. The van der Waals surface area contributed by atoms with Crippen LogP contribution in [0.5, 0.6) is 0 Å². The molecule has 108 valence electrons. The number of benzene rings is 1. The molecule has 5 heteroatoms. The second-order valence-electron chi connectivity index (χ2n) is 4.48. The minimum atomic E-state index is -4.30. The van der Waals surface area contributed by atoms with Crippen molar-refractivity contribution in [1.29, 1.82) is 0 Å². The zero-order chi connectivity index (χ0) is 14.3. The van der Waals surface area contributed by atoms with Crippen LogP contribution in [0.1, 0.15) is 30.6 Å². The first-order chi connectivity index (χ1) is 8.94. The molecule has 1 N–H and O–H groups in total. The first kappa shape index (κ1) is 16.0. The van der Waals surface area contributed by atoms with Gasteiger partial charge in [-0.05, 0) is 31.0 Å². The molecule has 0 aromatic heterocycles. The molecule has 0 heterocycles. The van der Waals surface area contributed by atoms with Crippen molar-refractivity contribution >= 4 is 0 Å². The number of hydrogen-bond acceptors (Lipinski definition) is 2. The molecule has 0 saturated carbocycles. The molecule has 0 aliphatic heterocycles. The monoisotopic (exact) mass is 275 g/mol. The minimum Gasteiger partial charge on any atom is -0.363 e. The van der Waals surface area contributed by atoms with Crippen molar-refractivity contribution in [3.63, 3.8) is 0 Å². The van der Waals surface area contributed by atoms with Crippen molar-refractivity contribution in [3.05, 3.63) is 35.4 Å². The van der Waals surface area contributed by atoms with Crippen LogP contribution in [-0.4, -0.2) is 25.9 Å². The van der Waals surface area contributed by atoms with Gasteiger partial charge in [0, 0.05) is 6.54 Å². The summed E-state index contributed by atoms with van der Waals surface area (Å²) in [4.78, 5) is 0. The zero-order valence-corrected chi connectivity index (χ0v) is 11.3. The molecule has 0 saturated heterocycles. The van der Waals surface area contributed by atoms with E-state index in [0.717, 1.165) is 24.1 Å². The standard InChI is InChI=1S/C14H20F3NO/c1-3-8-18-9-13(19-10-14(15,16)17)12-7-5-4-6-11(12)2/h4-7,13,18H,3,8-10H2,1-2H3. The second kappa shape index (κ2) is 7.50. The molecule has 1 atom stereocenters. The quantitative estimate of drug-likeness (QED) is 0.767. The van der Waals surface area contributed by atoms with Crippen molar-refractivity contribution in [2.75, 3.05) is 19.7 Å². The van der Waals surface area contributed by atoms with Crippen molar-refractivity contribution in [3.8, 4) is 0 Å². The van der Waals surface area contributed by atoms with Gasteiger partial charge in [0.05, 0.1) is 6.10 Å². The summed E-state index contributed by atoms with van der Waals surface area (Å²) in [5, 5.41) is 3.10. The molecule has 1 aromatic carbocycles. The predicted molar refractivity (Wildman–Crippen MR) is 69.1 cm³/mol. The van der Waals surface area contributed by atoms with Crippen molar-refractivity contribution < 1.29 is 17.9 Å². The van der Waals surface area contributed by atoms with Crippen molar-refractivity contribution in [2.45, 2.75) is 32.5 Å². The Bertz CT molecular complexity index is 379. The van der Waals surface area contributed by atoms with E-state index in [9.17, 15) is 13.2 Å². The van der Waals surface area contributed by atoms with E-state index in [0.29, 0.717) is 6.54 Å². The highest BCUT2D eigenvalue weighted by Gasteiger charge is 2.29. The maximum atomic E-state index is 12.3. The van der Waals surface area contributed by atoms with E-state index >= 15 is 0 Å². The topological polar surface area (TPSA) is 21.3 Å². The third kappa shape index (κ3) is 6.07. The number of halogens is 3. The van der Waals surface area contributed by atoms with Gasteiger partial charge in [0.15, 0.2) is 0 Å². The highest BCUT2D eigenvalue weighted by atomic mass is 19.4. The lowest BCUT2D eigenvalue weighted by Gasteiger charge is -2.21. The maximum absolute atomic E-state index is 12.3. The van der Waals surface area contributed by atoms with Crippen LogP contribution in [0.3, 0.4) is 0 Å². The lowest BCUT2D eigenvalue weighted by Crippen LogP contribution is -2.28. The van der Waals surface area contributed by atoms with Crippen LogP contribution >= 0.6 is 0 Å². The lowest BCUT2D eigenvalue weighted by atomic mass is 10.0. The normalized spacial score (nSPS) is 13.5. The zero-order valence-electron chi connectivity index (χ0n) is 11.3. The number of alkyl halides is 3. The average molecular weight is 275 g/mol. The first-order valence-corrected chi connectivity index (χ1v) is 6.38. The SMILES string of the molecule is CCCNCC(OCC(F)(F)F)c1ccccc1C. The molecular formula is C14H20F3NO. The maximum Gasteiger partial charge on any atom is 0.411 e. The van der Waals surface area contributed by atoms with Gasteiger partial charge in [0.2, 0.25) is 0 Å². The molecule has 19 heavy (non-hydrogen) atoms. The van der Waals surface area contributed by atoms with Crippen LogP contribution in [0.25, 0.3) is 0 Å². The Labute approximate surface area is 112 Å². The molecule has 0 radical (unpaired) electrons. The molecule has 0 spiro atoms. The van der Waals surface area contributed by atoms with E-state index in [-0.39, 0.29) is 0 Å². The van der Waals surface area contributed by atoms with Gasteiger partial charge >= 0.3 is 6.18 Å². The van der Waals surface area contributed by atoms with Gasteiger partial charge in [-0.1, -0.05) is 31.2 Å². The van der Waals surface area contributed by atoms with E-state index in [1.165, 1.54) is 0 Å². The molecule has 1 unspecified atom stereocenters. The van der Waals surface area contributed by atoms with E-state index in [1.54, 1.807) is 0 Å². The van der Waals surface area contributed by atoms with E-state index in [4.69, 9.17) is 4.74 Å². The number of rotatable bonds is 7. The molecule has 0 amide bonds. The fourth-order valence-electron chi connectivity index (χ4n) is 1.81. The molecule has 0 aliphatic carbocycles. The van der Waals surface area contributed by atoms with Crippen LogP contribution in [-0.2, 0) is 4.74 Å². The van der Waals surface area contributed by atoms with Crippen LogP contribution in [0.15, 0.2) is 24.3 Å². The molecule has 0 fully saturated rings. The molecular weight excluding hydrogens is 255 g/mol. The van der Waals surface area contributed by atoms with Gasteiger partial charge in [-0.3, -0.25) is 0 Å². The highest BCUT2D eigenvalue weighted by molar-refractivity contribution is 5.28. The summed E-state index contributed by atoms with van der Waals surface area (Å²) in [6.45, 7) is 3.80. The van der Waals surface area contributed by atoms with E-state index in [1.807, 2.05) is 38.1 Å². The number of ether oxygens (including phenoxy) is 1. The Morgan fingerprint density at radius 1 is 1.26 bits per heavy atom. The van der Waals surface area contributed by atoms with Crippen LogP contribution in [0, 0.1) is 6.92 Å². The fourth-order valence-corrected chi connectivity index (χ4v) is 1.81. The minimum absolute atomic E-state index is 0.384. The van der Waals surface area contributed by atoms with Gasteiger partial charge in [-0.25, -0.2) is 0 Å².